The highest BCUT2D eigenvalue weighted by molar-refractivity contribution is 5.78. The van der Waals surface area contributed by atoms with Crippen molar-refractivity contribution < 1.29 is 31.8 Å². The molecule has 7 heteroatoms. The monoisotopic (exact) mass is 332 g/mol. The van der Waals surface area contributed by atoms with Crippen molar-refractivity contribution >= 4 is 5.97 Å². The summed E-state index contributed by atoms with van der Waals surface area (Å²) in [6, 6.07) is 0.103. The van der Waals surface area contributed by atoms with Crippen LogP contribution in [0.25, 0.3) is 0 Å². The fourth-order valence-corrected chi connectivity index (χ4v) is 2.63. The van der Waals surface area contributed by atoms with Crippen molar-refractivity contribution in [1.29, 1.82) is 0 Å². The molecule has 1 saturated carbocycles. The Morgan fingerprint density at radius 1 is 1.22 bits per heavy atom. The SMILES string of the molecule is COC=C[C@@H]1[C@@H](C(=O)OCc2c(F)c(F)cc(F)c2F)C1(C)C. The van der Waals surface area contributed by atoms with Crippen LogP contribution >= 0.6 is 0 Å². The third-order valence-corrected chi connectivity index (χ3v) is 4.15. The molecule has 1 aromatic carbocycles. The van der Waals surface area contributed by atoms with Crippen LogP contribution < -0.4 is 0 Å². The Hall–Kier alpha value is -2.05. The lowest BCUT2D eigenvalue weighted by Gasteiger charge is -2.09. The Morgan fingerprint density at radius 2 is 1.78 bits per heavy atom. The lowest BCUT2D eigenvalue weighted by molar-refractivity contribution is -0.147. The molecule has 3 nitrogen and oxygen atoms in total. The van der Waals surface area contributed by atoms with Crippen molar-refractivity contribution in [2.24, 2.45) is 17.3 Å². The second-order valence-electron chi connectivity index (χ2n) is 5.94. The standard InChI is InChI=1S/C16H16F4O3/c1-16(2)9(4-5-22-3)12(16)15(21)23-7-8-13(19)10(17)6-11(18)14(8)20/h4-6,9,12H,7H2,1-3H3/t9-,12+/m1/s1. The minimum Gasteiger partial charge on any atom is -0.505 e. The van der Waals surface area contributed by atoms with Gasteiger partial charge in [-0.05, 0) is 17.4 Å². The molecule has 0 amide bonds. The molecule has 0 radical (unpaired) electrons. The van der Waals surface area contributed by atoms with E-state index >= 15 is 0 Å². The van der Waals surface area contributed by atoms with Crippen LogP contribution in [0.15, 0.2) is 18.4 Å². The smallest absolute Gasteiger partial charge is 0.310 e. The first-order valence-electron chi connectivity index (χ1n) is 6.89. The molecular formula is C16H16F4O3. The normalized spacial score (nSPS) is 22.2. The predicted octanol–water partition coefficient (Wildman–Crippen LogP) is 3.72. The van der Waals surface area contributed by atoms with Crippen LogP contribution in [0.4, 0.5) is 17.6 Å². The topological polar surface area (TPSA) is 35.5 Å². The van der Waals surface area contributed by atoms with Crippen molar-refractivity contribution in [3.05, 3.63) is 47.2 Å². The van der Waals surface area contributed by atoms with Crippen LogP contribution in [0.5, 0.6) is 0 Å². The summed E-state index contributed by atoms with van der Waals surface area (Å²) in [7, 11) is 1.46. The second-order valence-corrected chi connectivity index (χ2v) is 5.94. The van der Waals surface area contributed by atoms with Crippen molar-refractivity contribution in [1.82, 2.24) is 0 Å². The number of hydrogen-bond acceptors (Lipinski definition) is 3. The van der Waals surface area contributed by atoms with Gasteiger partial charge in [-0.15, -0.1) is 0 Å². The third-order valence-electron chi connectivity index (χ3n) is 4.15. The highest BCUT2D eigenvalue weighted by Crippen LogP contribution is 2.59. The molecule has 0 N–H and O–H groups in total. The summed E-state index contributed by atoms with van der Waals surface area (Å²) in [4.78, 5) is 12.0. The molecule has 0 heterocycles. The summed E-state index contributed by atoms with van der Waals surface area (Å²) in [5.74, 6) is -7.56. The van der Waals surface area contributed by atoms with E-state index in [0.717, 1.165) is 0 Å². The number of carbonyl (C=O) groups excluding carboxylic acids is 1. The van der Waals surface area contributed by atoms with Gasteiger partial charge in [0.2, 0.25) is 0 Å². The Bertz CT molecular complexity index is 629. The first-order valence-corrected chi connectivity index (χ1v) is 6.89. The van der Waals surface area contributed by atoms with E-state index in [0.29, 0.717) is 0 Å². The van der Waals surface area contributed by atoms with E-state index in [1.807, 2.05) is 13.8 Å². The first-order chi connectivity index (χ1) is 10.7. The molecule has 1 aliphatic rings. The quantitative estimate of drug-likeness (QED) is 0.357. The lowest BCUT2D eigenvalue weighted by atomic mass is 10.1. The second kappa shape index (κ2) is 6.22. The number of ether oxygens (including phenoxy) is 2. The van der Waals surface area contributed by atoms with E-state index in [-0.39, 0.29) is 12.0 Å². The summed E-state index contributed by atoms with van der Waals surface area (Å²) < 4.78 is 62.8. The van der Waals surface area contributed by atoms with Crippen molar-refractivity contribution in [2.75, 3.05) is 7.11 Å². The average Bonchev–Trinajstić information content (AvgIpc) is 3.04. The number of esters is 1. The van der Waals surface area contributed by atoms with Crippen molar-refractivity contribution in [3.8, 4) is 0 Å². The molecule has 1 aromatic rings. The van der Waals surface area contributed by atoms with Gasteiger partial charge in [-0.3, -0.25) is 4.79 Å². The zero-order valence-corrected chi connectivity index (χ0v) is 12.8. The molecule has 0 spiro atoms. The zero-order chi connectivity index (χ0) is 17.4. The van der Waals surface area contributed by atoms with E-state index in [9.17, 15) is 22.4 Å². The van der Waals surface area contributed by atoms with Crippen LogP contribution in [-0.2, 0) is 20.9 Å². The molecule has 1 aliphatic carbocycles. The number of benzene rings is 1. The van der Waals surface area contributed by atoms with E-state index in [1.54, 1.807) is 6.08 Å². The molecule has 23 heavy (non-hydrogen) atoms. The Labute approximate surface area is 130 Å². The summed E-state index contributed by atoms with van der Waals surface area (Å²) in [5, 5.41) is 0. The molecule has 0 aliphatic heterocycles. The number of allylic oxidation sites excluding steroid dienone is 1. The number of hydrogen-bond donors (Lipinski definition) is 0. The Morgan fingerprint density at radius 3 is 2.30 bits per heavy atom. The van der Waals surface area contributed by atoms with Gasteiger partial charge >= 0.3 is 5.97 Å². The zero-order valence-electron chi connectivity index (χ0n) is 12.8. The maximum atomic E-state index is 13.5. The molecule has 0 unspecified atom stereocenters. The molecule has 1 fully saturated rings. The maximum Gasteiger partial charge on any atom is 0.310 e. The lowest BCUT2D eigenvalue weighted by Crippen LogP contribution is -2.13. The van der Waals surface area contributed by atoms with Crippen molar-refractivity contribution in [2.45, 2.75) is 20.5 Å². The van der Waals surface area contributed by atoms with Crippen LogP contribution in [-0.4, -0.2) is 13.1 Å². The summed E-state index contributed by atoms with van der Waals surface area (Å²) in [5.41, 5.74) is -1.34. The predicted molar refractivity (Wildman–Crippen MR) is 73.0 cm³/mol. The maximum absolute atomic E-state index is 13.5. The van der Waals surface area contributed by atoms with Gasteiger partial charge in [0.25, 0.3) is 0 Å². The molecule has 2 atom stereocenters. The van der Waals surface area contributed by atoms with Gasteiger partial charge in [-0.25, -0.2) is 17.6 Å². The average molecular weight is 332 g/mol. The summed E-state index contributed by atoms with van der Waals surface area (Å²) in [6.07, 6.45) is 3.12. The van der Waals surface area contributed by atoms with Crippen LogP contribution in [0.2, 0.25) is 0 Å². The third kappa shape index (κ3) is 3.18. The number of halogens is 4. The molecular weight excluding hydrogens is 316 g/mol. The van der Waals surface area contributed by atoms with Crippen molar-refractivity contribution in [3.63, 3.8) is 0 Å². The van der Waals surface area contributed by atoms with Gasteiger partial charge in [-0.1, -0.05) is 13.8 Å². The molecule has 2 rings (SSSR count). The fourth-order valence-electron chi connectivity index (χ4n) is 2.63. The molecule has 126 valence electrons. The van der Waals surface area contributed by atoms with Crippen LogP contribution in [0.3, 0.4) is 0 Å². The number of carbonyl (C=O) groups is 1. The Kier molecular flexibility index (Phi) is 4.68. The van der Waals surface area contributed by atoms with Gasteiger partial charge in [0, 0.05) is 6.07 Å². The van der Waals surface area contributed by atoms with E-state index in [4.69, 9.17) is 9.47 Å². The van der Waals surface area contributed by atoms with E-state index in [1.165, 1.54) is 13.4 Å². The fraction of sp³-hybridized carbons (Fsp3) is 0.438. The first kappa shape index (κ1) is 17.3. The van der Waals surface area contributed by atoms with E-state index < -0.39 is 52.7 Å². The summed E-state index contributed by atoms with van der Waals surface area (Å²) >= 11 is 0. The van der Waals surface area contributed by atoms with Gasteiger partial charge in [0.05, 0.1) is 24.9 Å². The highest BCUT2D eigenvalue weighted by atomic mass is 19.2. The van der Waals surface area contributed by atoms with E-state index in [2.05, 4.69) is 0 Å². The van der Waals surface area contributed by atoms with Gasteiger partial charge in [0.15, 0.2) is 23.3 Å². The Balaban J connectivity index is 2.08. The summed E-state index contributed by atoms with van der Waals surface area (Å²) in [6.45, 7) is 2.78. The number of rotatable bonds is 5. The van der Waals surface area contributed by atoms with Gasteiger partial charge in [0.1, 0.15) is 6.61 Å². The van der Waals surface area contributed by atoms with Crippen LogP contribution in [0, 0.1) is 40.5 Å². The number of methoxy groups -OCH3 is 1. The van der Waals surface area contributed by atoms with Gasteiger partial charge in [-0.2, -0.15) is 0 Å². The minimum absolute atomic E-state index is 0.103. The van der Waals surface area contributed by atoms with Gasteiger partial charge < -0.3 is 9.47 Å². The minimum atomic E-state index is -1.57. The molecule has 0 saturated heterocycles. The largest absolute Gasteiger partial charge is 0.505 e. The molecule has 0 aromatic heterocycles. The highest BCUT2D eigenvalue weighted by Gasteiger charge is 2.61. The van der Waals surface area contributed by atoms with Crippen LogP contribution in [0.1, 0.15) is 19.4 Å². The molecule has 0 bridgehead atoms.